The first-order valence-corrected chi connectivity index (χ1v) is 6.34. The summed E-state index contributed by atoms with van der Waals surface area (Å²) in [6.07, 6.45) is 0. The summed E-state index contributed by atoms with van der Waals surface area (Å²) in [5.41, 5.74) is 8.28. The van der Waals surface area contributed by atoms with Gasteiger partial charge in [0.05, 0.1) is 27.8 Å². The number of nitrogen functional groups attached to an aromatic ring is 1. The molecule has 0 saturated carbocycles. The molecule has 108 valence electrons. The van der Waals surface area contributed by atoms with E-state index in [1.54, 1.807) is 32.6 Å². The van der Waals surface area contributed by atoms with Gasteiger partial charge in [-0.1, -0.05) is 11.6 Å². The summed E-state index contributed by atoms with van der Waals surface area (Å²) in [6, 6.07) is 0. The molecule has 0 fully saturated rings. The van der Waals surface area contributed by atoms with Crippen molar-refractivity contribution in [3.63, 3.8) is 0 Å². The maximum absolute atomic E-state index is 12.1. The van der Waals surface area contributed by atoms with Crippen molar-refractivity contribution in [3.05, 3.63) is 27.8 Å². The van der Waals surface area contributed by atoms with Gasteiger partial charge in [-0.15, -0.1) is 0 Å². The van der Waals surface area contributed by atoms with Crippen molar-refractivity contribution in [2.24, 2.45) is 14.1 Å². The topological polar surface area (TPSA) is 88.0 Å². The molecule has 0 unspecified atom stereocenters. The minimum absolute atomic E-state index is 0.0265. The van der Waals surface area contributed by atoms with E-state index in [0.29, 0.717) is 27.8 Å². The van der Waals surface area contributed by atoms with Gasteiger partial charge < -0.3 is 10.5 Å². The average Bonchev–Trinajstić information content (AvgIpc) is 2.75. The van der Waals surface area contributed by atoms with Crippen molar-refractivity contribution in [1.82, 2.24) is 19.6 Å². The van der Waals surface area contributed by atoms with Crippen molar-refractivity contribution in [2.45, 2.75) is 20.5 Å². The van der Waals surface area contributed by atoms with Gasteiger partial charge in [0.1, 0.15) is 6.61 Å². The van der Waals surface area contributed by atoms with Crippen LogP contribution in [0.5, 0.6) is 0 Å². The highest BCUT2D eigenvalue weighted by atomic mass is 35.5. The molecule has 2 N–H and O–H groups in total. The minimum Gasteiger partial charge on any atom is -0.454 e. The number of carbonyl (C=O) groups excluding carboxylic acids is 1. The molecule has 0 spiro atoms. The molecule has 0 aliphatic carbocycles. The van der Waals surface area contributed by atoms with Crippen LogP contribution >= 0.6 is 11.6 Å². The normalized spacial score (nSPS) is 10.8. The van der Waals surface area contributed by atoms with Crippen LogP contribution in [0.15, 0.2) is 0 Å². The lowest BCUT2D eigenvalue weighted by Gasteiger charge is -2.06. The first-order chi connectivity index (χ1) is 9.32. The Morgan fingerprint density at radius 2 is 1.85 bits per heavy atom. The average molecular weight is 298 g/mol. The first kappa shape index (κ1) is 14.4. The quantitative estimate of drug-likeness (QED) is 0.864. The van der Waals surface area contributed by atoms with Gasteiger partial charge in [-0.05, 0) is 13.8 Å². The highest BCUT2D eigenvalue weighted by Crippen LogP contribution is 2.21. The van der Waals surface area contributed by atoms with Gasteiger partial charge in [0.25, 0.3) is 0 Å². The number of esters is 1. The summed E-state index contributed by atoms with van der Waals surface area (Å²) in [5.74, 6) is -0.541. The largest absolute Gasteiger partial charge is 0.454 e. The Morgan fingerprint density at radius 3 is 2.30 bits per heavy atom. The molecule has 0 bridgehead atoms. The third kappa shape index (κ3) is 2.36. The highest BCUT2D eigenvalue weighted by Gasteiger charge is 2.21. The second kappa shape index (κ2) is 5.16. The molecule has 2 rings (SSSR count). The standard InChI is InChI=1S/C12H16ClN5O2/c1-6-9(13)8(17(3)15-6)5-20-12(19)11-10(14)7(2)16-18(11)4/h5,14H2,1-4H3. The molecule has 2 heterocycles. The zero-order chi connectivity index (χ0) is 15.0. The fourth-order valence-corrected chi connectivity index (χ4v) is 2.17. The summed E-state index contributed by atoms with van der Waals surface area (Å²) < 4.78 is 8.23. The summed E-state index contributed by atoms with van der Waals surface area (Å²) in [7, 11) is 3.38. The van der Waals surface area contributed by atoms with Crippen molar-refractivity contribution in [3.8, 4) is 0 Å². The Bertz CT molecular complexity index is 674. The van der Waals surface area contributed by atoms with Crippen LogP contribution in [0.2, 0.25) is 5.02 Å². The van der Waals surface area contributed by atoms with E-state index in [1.807, 2.05) is 0 Å². The number of nitrogens with two attached hydrogens (primary N) is 1. The van der Waals surface area contributed by atoms with Crippen LogP contribution in [-0.4, -0.2) is 25.5 Å². The molecule has 0 atom stereocenters. The van der Waals surface area contributed by atoms with Crippen molar-refractivity contribution >= 4 is 23.3 Å². The second-order valence-electron chi connectivity index (χ2n) is 4.52. The van der Waals surface area contributed by atoms with Crippen molar-refractivity contribution in [2.75, 3.05) is 5.73 Å². The SMILES string of the molecule is Cc1nn(C)c(C(=O)OCc2c(Cl)c(C)nn2C)c1N. The number of anilines is 1. The van der Waals surface area contributed by atoms with Gasteiger partial charge in [0, 0.05) is 14.1 Å². The molecule has 0 aliphatic heterocycles. The van der Waals surface area contributed by atoms with Crippen LogP contribution in [0, 0.1) is 13.8 Å². The lowest BCUT2D eigenvalue weighted by molar-refractivity contribution is 0.0452. The second-order valence-corrected chi connectivity index (χ2v) is 4.90. The van der Waals surface area contributed by atoms with Crippen molar-refractivity contribution in [1.29, 1.82) is 0 Å². The maximum Gasteiger partial charge on any atom is 0.359 e. The lowest BCUT2D eigenvalue weighted by atomic mass is 10.3. The first-order valence-electron chi connectivity index (χ1n) is 5.97. The molecular weight excluding hydrogens is 282 g/mol. The molecule has 0 amide bonds. The Morgan fingerprint density at radius 1 is 1.25 bits per heavy atom. The third-order valence-corrected chi connectivity index (χ3v) is 3.56. The van der Waals surface area contributed by atoms with Gasteiger partial charge in [0.15, 0.2) is 5.69 Å². The van der Waals surface area contributed by atoms with Gasteiger partial charge >= 0.3 is 5.97 Å². The lowest BCUT2D eigenvalue weighted by Crippen LogP contribution is -2.14. The number of aryl methyl sites for hydroxylation is 4. The Kier molecular flexibility index (Phi) is 3.71. The summed E-state index contributed by atoms with van der Waals surface area (Å²) in [6.45, 7) is 3.54. The molecule has 0 radical (unpaired) electrons. The molecule has 2 aromatic heterocycles. The van der Waals surface area contributed by atoms with E-state index >= 15 is 0 Å². The fourth-order valence-electron chi connectivity index (χ4n) is 1.96. The van der Waals surface area contributed by atoms with Gasteiger partial charge in [-0.3, -0.25) is 9.36 Å². The van der Waals surface area contributed by atoms with Gasteiger partial charge in [-0.2, -0.15) is 10.2 Å². The number of ether oxygens (including phenoxy) is 1. The van der Waals surface area contributed by atoms with Crippen LogP contribution in [0.3, 0.4) is 0 Å². The van der Waals surface area contributed by atoms with E-state index in [1.165, 1.54) is 4.68 Å². The third-order valence-electron chi connectivity index (χ3n) is 3.06. The predicted molar refractivity (Wildman–Crippen MR) is 74.4 cm³/mol. The Hall–Kier alpha value is -2.02. The zero-order valence-electron chi connectivity index (χ0n) is 11.8. The fraction of sp³-hybridized carbons (Fsp3) is 0.417. The van der Waals surface area contributed by atoms with E-state index in [0.717, 1.165) is 0 Å². The molecule has 7 nitrogen and oxygen atoms in total. The monoisotopic (exact) mass is 297 g/mol. The van der Waals surface area contributed by atoms with E-state index in [4.69, 9.17) is 22.1 Å². The number of rotatable bonds is 3. The summed E-state index contributed by atoms with van der Waals surface area (Å²) >= 11 is 6.09. The molecule has 8 heteroatoms. The van der Waals surface area contributed by atoms with Crippen LogP contribution in [0.1, 0.15) is 27.6 Å². The van der Waals surface area contributed by atoms with E-state index in [9.17, 15) is 4.79 Å². The van der Waals surface area contributed by atoms with E-state index < -0.39 is 5.97 Å². The molecule has 0 saturated heterocycles. The van der Waals surface area contributed by atoms with Gasteiger partial charge in [0.2, 0.25) is 0 Å². The number of hydrogen-bond acceptors (Lipinski definition) is 5. The van der Waals surface area contributed by atoms with Crippen LogP contribution < -0.4 is 5.73 Å². The maximum atomic E-state index is 12.1. The molecule has 20 heavy (non-hydrogen) atoms. The van der Waals surface area contributed by atoms with E-state index in [2.05, 4.69) is 10.2 Å². The number of hydrogen-bond donors (Lipinski definition) is 1. The Balaban J connectivity index is 2.17. The molecule has 2 aromatic rings. The molecule has 0 aromatic carbocycles. The predicted octanol–water partition coefficient (Wildman–Crippen LogP) is 1.36. The van der Waals surface area contributed by atoms with Crippen LogP contribution in [0.4, 0.5) is 5.69 Å². The summed E-state index contributed by atoms with van der Waals surface area (Å²) in [4.78, 5) is 12.1. The smallest absolute Gasteiger partial charge is 0.359 e. The minimum atomic E-state index is -0.541. The number of halogens is 1. The summed E-state index contributed by atoms with van der Waals surface area (Å²) in [5, 5.41) is 8.72. The molecule has 0 aliphatic rings. The number of nitrogens with zero attached hydrogens (tertiary/aromatic N) is 4. The van der Waals surface area contributed by atoms with Crippen molar-refractivity contribution < 1.29 is 9.53 Å². The molecular formula is C12H16ClN5O2. The van der Waals surface area contributed by atoms with Crippen LogP contribution in [0.25, 0.3) is 0 Å². The Labute approximate surface area is 121 Å². The van der Waals surface area contributed by atoms with E-state index in [-0.39, 0.29) is 12.3 Å². The number of carbonyl (C=O) groups is 1. The highest BCUT2D eigenvalue weighted by molar-refractivity contribution is 6.31. The zero-order valence-corrected chi connectivity index (χ0v) is 12.5. The van der Waals surface area contributed by atoms with Gasteiger partial charge in [-0.25, -0.2) is 4.79 Å². The van der Waals surface area contributed by atoms with Crippen LogP contribution in [-0.2, 0) is 25.4 Å². The number of aromatic nitrogens is 4.